The van der Waals surface area contributed by atoms with Gasteiger partial charge in [-0.1, -0.05) is 42.5 Å². The third-order valence-electron chi connectivity index (χ3n) is 2.75. The zero-order valence-corrected chi connectivity index (χ0v) is 9.45. The van der Waals surface area contributed by atoms with Crippen LogP contribution in [0.4, 0.5) is 0 Å². The summed E-state index contributed by atoms with van der Waals surface area (Å²) in [5.74, 6) is 0. The molecule has 0 aliphatic rings. The van der Waals surface area contributed by atoms with Gasteiger partial charge in [0.05, 0.1) is 0 Å². The smallest absolute Gasteiger partial charge is 0.0211 e. The van der Waals surface area contributed by atoms with Crippen molar-refractivity contribution < 1.29 is 0 Å². The number of hydrogen-bond donors (Lipinski definition) is 1. The molecule has 0 bridgehead atoms. The van der Waals surface area contributed by atoms with Crippen LogP contribution < -0.4 is 5.32 Å². The molecule has 1 nitrogen and oxygen atoms in total. The lowest BCUT2D eigenvalue weighted by Crippen LogP contribution is -2.14. The molecule has 0 amide bonds. The zero-order chi connectivity index (χ0) is 11.2. The van der Waals surface area contributed by atoms with Crippen LogP contribution in [0.5, 0.6) is 0 Å². The Bertz CT molecular complexity index is 443. The normalized spacial score (nSPS) is 10.8. The minimum Gasteiger partial charge on any atom is -0.313 e. The van der Waals surface area contributed by atoms with E-state index in [0.29, 0.717) is 0 Å². The third-order valence-corrected chi connectivity index (χ3v) is 2.75. The van der Waals surface area contributed by atoms with E-state index < -0.39 is 0 Å². The Kier molecular flexibility index (Phi) is 3.95. The fourth-order valence-electron chi connectivity index (χ4n) is 1.90. The van der Waals surface area contributed by atoms with Crippen molar-refractivity contribution in [1.82, 2.24) is 5.32 Å². The van der Waals surface area contributed by atoms with E-state index >= 15 is 0 Å². The Balaban J connectivity index is 2.11. The van der Waals surface area contributed by atoms with Crippen molar-refractivity contribution in [3.05, 3.63) is 55.0 Å². The van der Waals surface area contributed by atoms with Crippen molar-refractivity contribution in [1.29, 1.82) is 0 Å². The second-order valence-electron chi connectivity index (χ2n) is 3.96. The van der Waals surface area contributed by atoms with Gasteiger partial charge >= 0.3 is 0 Å². The van der Waals surface area contributed by atoms with Crippen molar-refractivity contribution in [3.8, 4) is 0 Å². The Labute approximate surface area is 97.5 Å². The topological polar surface area (TPSA) is 12.0 Å². The Morgan fingerprint density at radius 3 is 2.69 bits per heavy atom. The quantitative estimate of drug-likeness (QED) is 0.747. The molecule has 0 atom stereocenters. The van der Waals surface area contributed by atoms with Gasteiger partial charge in [-0.2, -0.15) is 0 Å². The SMILES string of the molecule is [CH]CCCNCc1cccc2ccccc12. The number of unbranched alkanes of at least 4 members (excludes halogenated alkanes) is 1. The van der Waals surface area contributed by atoms with Gasteiger partial charge in [-0.05, 0) is 42.6 Å². The Morgan fingerprint density at radius 2 is 1.81 bits per heavy atom. The van der Waals surface area contributed by atoms with E-state index in [-0.39, 0.29) is 0 Å². The first-order chi connectivity index (χ1) is 7.92. The molecule has 2 aromatic carbocycles. The number of benzene rings is 2. The largest absolute Gasteiger partial charge is 0.313 e. The Hall–Kier alpha value is -1.34. The number of rotatable bonds is 5. The molecule has 16 heavy (non-hydrogen) atoms. The molecule has 0 aromatic heterocycles. The lowest BCUT2D eigenvalue weighted by atomic mass is 10.0. The fourth-order valence-corrected chi connectivity index (χ4v) is 1.90. The highest BCUT2D eigenvalue weighted by molar-refractivity contribution is 5.85. The molecule has 2 radical (unpaired) electrons. The molecule has 0 saturated carbocycles. The van der Waals surface area contributed by atoms with Gasteiger partial charge in [-0.3, -0.25) is 0 Å². The molecule has 2 rings (SSSR count). The summed E-state index contributed by atoms with van der Waals surface area (Å²) in [4.78, 5) is 0. The molecule has 0 heterocycles. The van der Waals surface area contributed by atoms with Crippen molar-refractivity contribution in [2.45, 2.75) is 19.4 Å². The molecule has 0 aliphatic heterocycles. The number of nitrogens with one attached hydrogen (secondary N) is 1. The number of hydrogen-bond acceptors (Lipinski definition) is 1. The summed E-state index contributed by atoms with van der Waals surface area (Å²) in [5, 5.41) is 6.06. The van der Waals surface area contributed by atoms with Gasteiger partial charge in [0.15, 0.2) is 0 Å². The maximum atomic E-state index is 5.46. The predicted octanol–water partition coefficient (Wildman–Crippen LogP) is 3.42. The van der Waals surface area contributed by atoms with E-state index in [2.05, 4.69) is 47.8 Å². The predicted molar refractivity (Wildman–Crippen MR) is 69.2 cm³/mol. The van der Waals surface area contributed by atoms with Crippen molar-refractivity contribution >= 4 is 10.8 Å². The van der Waals surface area contributed by atoms with Crippen LogP contribution >= 0.6 is 0 Å². The molecule has 0 aliphatic carbocycles. The van der Waals surface area contributed by atoms with Crippen LogP contribution in [0.15, 0.2) is 42.5 Å². The van der Waals surface area contributed by atoms with Crippen LogP contribution in [-0.4, -0.2) is 6.54 Å². The molecular weight excluding hydrogens is 194 g/mol. The number of fused-ring (bicyclic) bond motifs is 1. The van der Waals surface area contributed by atoms with Crippen LogP contribution in [0.2, 0.25) is 0 Å². The van der Waals surface area contributed by atoms with E-state index in [0.717, 1.165) is 25.9 Å². The van der Waals surface area contributed by atoms with Crippen LogP contribution in [0, 0.1) is 6.92 Å². The summed E-state index contributed by atoms with van der Waals surface area (Å²) in [6.07, 6.45) is 1.79. The molecule has 1 heteroatoms. The highest BCUT2D eigenvalue weighted by Gasteiger charge is 1.98. The molecular formula is C15H17N. The minimum absolute atomic E-state index is 0.753. The van der Waals surface area contributed by atoms with Crippen LogP contribution in [0.1, 0.15) is 18.4 Å². The van der Waals surface area contributed by atoms with E-state index in [1.54, 1.807) is 0 Å². The van der Waals surface area contributed by atoms with Gasteiger partial charge in [-0.25, -0.2) is 0 Å². The average Bonchev–Trinajstić information content (AvgIpc) is 2.35. The first-order valence-corrected chi connectivity index (χ1v) is 5.79. The van der Waals surface area contributed by atoms with Crippen molar-refractivity contribution in [2.24, 2.45) is 0 Å². The maximum Gasteiger partial charge on any atom is 0.0211 e. The standard InChI is InChI=1S/C15H17N/c1-2-3-11-16-12-14-9-6-8-13-7-4-5-10-15(13)14/h1,4-10,16H,2-3,11-12H2. The lowest BCUT2D eigenvalue weighted by Gasteiger charge is -2.07. The van der Waals surface area contributed by atoms with Crippen molar-refractivity contribution in [3.63, 3.8) is 0 Å². The van der Waals surface area contributed by atoms with Gasteiger partial charge in [-0.15, -0.1) is 0 Å². The molecule has 0 unspecified atom stereocenters. The van der Waals surface area contributed by atoms with E-state index in [1.165, 1.54) is 16.3 Å². The molecule has 0 saturated heterocycles. The average molecular weight is 211 g/mol. The van der Waals surface area contributed by atoms with E-state index in [9.17, 15) is 0 Å². The Morgan fingerprint density at radius 1 is 1.00 bits per heavy atom. The molecule has 2 aromatic rings. The van der Waals surface area contributed by atoms with Gasteiger partial charge in [0.1, 0.15) is 0 Å². The van der Waals surface area contributed by atoms with Crippen LogP contribution in [-0.2, 0) is 6.54 Å². The first kappa shape index (κ1) is 11.2. The van der Waals surface area contributed by atoms with E-state index in [1.807, 2.05) is 0 Å². The summed E-state index contributed by atoms with van der Waals surface area (Å²) in [7, 11) is 0. The maximum absolute atomic E-state index is 5.46. The van der Waals surface area contributed by atoms with Crippen LogP contribution in [0.25, 0.3) is 10.8 Å². The monoisotopic (exact) mass is 211 g/mol. The molecule has 0 fully saturated rings. The molecule has 82 valence electrons. The van der Waals surface area contributed by atoms with Gasteiger partial charge in [0, 0.05) is 6.54 Å². The highest BCUT2D eigenvalue weighted by Crippen LogP contribution is 2.18. The summed E-state index contributed by atoms with van der Waals surface area (Å²) >= 11 is 0. The van der Waals surface area contributed by atoms with Crippen molar-refractivity contribution in [2.75, 3.05) is 6.54 Å². The summed E-state index contributed by atoms with van der Waals surface area (Å²) in [6, 6.07) is 14.9. The molecule has 1 N–H and O–H groups in total. The minimum atomic E-state index is 0.753. The summed E-state index contributed by atoms with van der Waals surface area (Å²) in [5.41, 5.74) is 1.36. The lowest BCUT2D eigenvalue weighted by molar-refractivity contribution is 0.656. The van der Waals surface area contributed by atoms with E-state index in [4.69, 9.17) is 6.92 Å². The second-order valence-corrected chi connectivity index (χ2v) is 3.96. The second kappa shape index (κ2) is 5.66. The van der Waals surface area contributed by atoms with Crippen LogP contribution in [0.3, 0.4) is 0 Å². The zero-order valence-electron chi connectivity index (χ0n) is 9.45. The van der Waals surface area contributed by atoms with Gasteiger partial charge in [0.2, 0.25) is 0 Å². The summed E-state index contributed by atoms with van der Waals surface area (Å²) in [6.45, 7) is 7.36. The fraction of sp³-hybridized carbons (Fsp3) is 0.267. The highest BCUT2D eigenvalue weighted by atomic mass is 14.8. The first-order valence-electron chi connectivity index (χ1n) is 5.79. The van der Waals surface area contributed by atoms with Gasteiger partial charge in [0.25, 0.3) is 0 Å². The summed E-state index contributed by atoms with van der Waals surface area (Å²) < 4.78 is 0. The molecule has 0 spiro atoms. The third kappa shape index (κ3) is 2.61. The van der Waals surface area contributed by atoms with Gasteiger partial charge < -0.3 is 5.32 Å².